The predicted molar refractivity (Wildman–Crippen MR) is 86.2 cm³/mol. The van der Waals surface area contributed by atoms with E-state index in [0.29, 0.717) is 5.75 Å². The van der Waals surface area contributed by atoms with Crippen molar-refractivity contribution in [3.63, 3.8) is 0 Å². The van der Waals surface area contributed by atoms with Crippen LogP contribution in [0, 0.1) is 24.7 Å². The van der Waals surface area contributed by atoms with Gasteiger partial charge in [0.2, 0.25) is 0 Å². The van der Waals surface area contributed by atoms with Gasteiger partial charge in [0.05, 0.1) is 0 Å². The van der Waals surface area contributed by atoms with Gasteiger partial charge in [-0.2, -0.15) is 0 Å². The van der Waals surface area contributed by atoms with E-state index >= 15 is 0 Å². The van der Waals surface area contributed by atoms with E-state index in [0.717, 1.165) is 23.3 Å². The molecule has 1 N–H and O–H groups in total. The molecule has 4 aliphatic carbocycles. The molecular weight excluding hydrogens is 258 g/mol. The number of nitrogens with zero attached hydrogens (tertiary/aromatic N) is 1. The first-order chi connectivity index (χ1) is 10.1. The topological polar surface area (TPSA) is 32.6 Å². The highest BCUT2D eigenvalue weighted by atomic mass is 16.3. The van der Waals surface area contributed by atoms with E-state index in [4.69, 9.17) is 0 Å². The van der Waals surface area contributed by atoms with Crippen LogP contribution < -0.4 is 0 Å². The molecule has 0 aromatic heterocycles. The number of aliphatic imine (C=N–C) groups is 1. The second-order valence-corrected chi connectivity index (χ2v) is 7.84. The molecule has 0 saturated heterocycles. The first kappa shape index (κ1) is 13.4. The van der Waals surface area contributed by atoms with Crippen molar-refractivity contribution in [2.45, 2.75) is 50.9 Å². The van der Waals surface area contributed by atoms with Gasteiger partial charge in [-0.15, -0.1) is 0 Å². The average Bonchev–Trinajstić information content (AvgIpc) is 2.41. The molecule has 4 fully saturated rings. The van der Waals surface area contributed by atoms with E-state index < -0.39 is 0 Å². The van der Waals surface area contributed by atoms with Crippen LogP contribution in [0.3, 0.4) is 0 Å². The van der Waals surface area contributed by atoms with Gasteiger partial charge in [-0.05, 0) is 80.2 Å². The Labute approximate surface area is 127 Å². The second kappa shape index (κ2) is 4.59. The van der Waals surface area contributed by atoms with Crippen molar-refractivity contribution in [1.82, 2.24) is 0 Å². The standard InChI is InChI=1S/C19H25NO/c1-12-3-16(11-20-2)18(21)17(4-12)19-8-13-5-14(9-19)7-15(6-13)10-19/h3-4,11,13-15,21H,5-10H2,1-2H3. The van der Waals surface area contributed by atoms with Gasteiger partial charge in [-0.3, -0.25) is 4.99 Å². The summed E-state index contributed by atoms with van der Waals surface area (Å²) in [6.07, 6.45) is 9.99. The van der Waals surface area contributed by atoms with Crippen molar-refractivity contribution in [3.8, 4) is 5.75 Å². The summed E-state index contributed by atoms with van der Waals surface area (Å²) >= 11 is 0. The Morgan fingerprint density at radius 3 is 2.19 bits per heavy atom. The fraction of sp³-hybridized carbons (Fsp3) is 0.632. The third-order valence-corrected chi connectivity index (χ3v) is 6.16. The van der Waals surface area contributed by atoms with E-state index in [9.17, 15) is 5.11 Å². The van der Waals surface area contributed by atoms with Crippen molar-refractivity contribution in [1.29, 1.82) is 0 Å². The first-order valence-corrected chi connectivity index (χ1v) is 8.36. The monoisotopic (exact) mass is 283 g/mol. The fourth-order valence-electron chi connectivity index (χ4n) is 5.89. The number of hydrogen-bond acceptors (Lipinski definition) is 2. The molecule has 4 bridgehead atoms. The van der Waals surface area contributed by atoms with Crippen molar-refractivity contribution >= 4 is 6.21 Å². The lowest BCUT2D eigenvalue weighted by atomic mass is 9.48. The smallest absolute Gasteiger partial charge is 0.128 e. The minimum Gasteiger partial charge on any atom is -0.507 e. The Bertz CT molecular complexity index is 567. The maximum atomic E-state index is 10.8. The van der Waals surface area contributed by atoms with Crippen molar-refractivity contribution in [2.75, 3.05) is 7.05 Å². The third kappa shape index (κ3) is 2.03. The van der Waals surface area contributed by atoms with Crippen LogP contribution in [0.1, 0.15) is 55.2 Å². The van der Waals surface area contributed by atoms with Gasteiger partial charge in [-0.1, -0.05) is 6.07 Å². The average molecular weight is 283 g/mol. The van der Waals surface area contributed by atoms with Gasteiger partial charge in [0.15, 0.2) is 0 Å². The number of benzene rings is 1. The first-order valence-electron chi connectivity index (χ1n) is 8.36. The lowest BCUT2D eigenvalue weighted by Crippen LogP contribution is -2.48. The molecule has 0 aliphatic heterocycles. The normalized spacial score (nSPS) is 37.5. The van der Waals surface area contributed by atoms with Gasteiger partial charge in [-0.25, -0.2) is 0 Å². The van der Waals surface area contributed by atoms with Crippen LogP contribution in [0.15, 0.2) is 17.1 Å². The molecule has 21 heavy (non-hydrogen) atoms. The van der Waals surface area contributed by atoms with Crippen LogP contribution in [-0.2, 0) is 5.41 Å². The molecule has 4 aliphatic rings. The molecule has 2 nitrogen and oxygen atoms in total. The molecule has 1 aromatic rings. The largest absolute Gasteiger partial charge is 0.507 e. The zero-order valence-corrected chi connectivity index (χ0v) is 13.1. The van der Waals surface area contributed by atoms with Gasteiger partial charge >= 0.3 is 0 Å². The Balaban J connectivity index is 1.83. The number of hydrogen-bond donors (Lipinski definition) is 1. The van der Waals surface area contributed by atoms with Gasteiger partial charge < -0.3 is 5.11 Å². The highest BCUT2D eigenvalue weighted by Crippen LogP contribution is 2.62. The van der Waals surface area contributed by atoms with E-state index in [-0.39, 0.29) is 5.41 Å². The molecule has 1 aromatic carbocycles. The highest BCUT2D eigenvalue weighted by molar-refractivity contribution is 5.84. The van der Waals surface area contributed by atoms with Crippen molar-refractivity contribution in [3.05, 3.63) is 28.8 Å². The summed E-state index contributed by atoms with van der Waals surface area (Å²) < 4.78 is 0. The summed E-state index contributed by atoms with van der Waals surface area (Å²) in [7, 11) is 1.77. The number of phenolic OH excluding ortho intramolecular Hbond substituents is 1. The molecule has 4 saturated carbocycles. The summed E-state index contributed by atoms with van der Waals surface area (Å²) in [6.45, 7) is 2.14. The van der Waals surface area contributed by atoms with E-state index in [1.165, 1.54) is 49.7 Å². The molecule has 0 heterocycles. The van der Waals surface area contributed by atoms with Crippen LogP contribution in [0.4, 0.5) is 0 Å². The quantitative estimate of drug-likeness (QED) is 0.810. The van der Waals surface area contributed by atoms with Crippen LogP contribution in [0.2, 0.25) is 0 Å². The maximum absolute atomic E-state index is 10.8. The Morgan fingerprint density at radius 2 is 1.67 bits per heavy atom. The third-order valence-electron chi connectivity index (χ3n) is 6.16. The maximum Gasteiger partial charge on any atom is 0.128 e. The lowest BCUT2D eigenvalue weighted by Gasteiger charge is -2.57. The second-order valence-electron chi connectivity index (χ2n) is 7.84. The summed E-state index contributed by atoms with van der Waals surface area (Å²) in [4.78, 5) is 4.11. The van der Waals surface area contributed by atoms with Crippen molar-refractivity contribution < 1.29 is 5.11 Å². The molecule has 0 radical (unpaired) electrons. The lowest BCUT2D eigenvalue weighted by molar-refractivity contribution is -0.00616. The number of phenols is 1. The number of aryl methyl sites for hydroxylation is 1. The minimum atomic E-state index is 0.251. The minimum absolute atomic E-state index is 0.251. The zero-order chi connectivity index (χ0) is 14.6. The molecule has 112 valence electrons. The molecule has 2 heteroatoms. The highest BCUT2D eigenvalue weighted by Gasteiger charge is 2.52. The molecule has 5 rings (SSSR count). The Hall–Kier alpha value is -1.31. The van der Waals surface area contributed by atoms with Gasteiger partial charge in [0.25, 0.3) is 0 Å². The SMILES string of the molecule is CN=Cc1cc(C)cc(C23CC4CC(CC(C4)C2)C3)c1O. The van der Waals surface area contributed by atoms with E-state index in [1.54, 1.807) is 13.3 Å². The van der Waals surface area contributed by atoms with Crippen LogP contribution >= 0.6 is 0 Å². The Kier molecular flexibility index (Phi) is 2.92. The summed E-state index contributed by atoms with van der Waals surface area (Å²) in [5.74, 6) is 3.20. The van der Waals surface area contributed by atoms with Gasteiger partial charge in [0, 0.05) is 24.4 Å². The predicted octanol–water partition coefficient (Wildman–Crippen LogP) is 4.22. The van der Waals surface area contributed by atoms with E-state index in [2.05, 4.69) is 18.0 Å². The zero-order valence-electron chi connectivity index (χ0n) is 13.1. The van der Waals surface area contributed by atoms with Crippen LogP contribution in [0.25, 0.3) is 0 Å². The number of aromatic hydroxyl groups is 1. The summed E-state index contributed by atoms with van der Waals surface area (Å²) in [5, 5.41) is 10.8. The summed E-state index contributed by atoms with van der Waals surface area (Å²) in [6, 6.07) is 4.29. The molecule has 0 spiro atoms. The molecule has 0 atom stereocenters. The van der Waals surface area contributed by atoms with Crippen molar-refractivity contribution in [2.24, 2.45) is 22.7 Å². The van der Waals surface area contributed by atoms with Gasteiger partial charge in [0.1, 0.15) is 5.75 Å². The fourth-order valence-corrected chi connectivity index (χ4v) is 5.89. The molecule has 0 amide bonds. The Morgan fingerprint density at radius 1 is 1.10 bits per heavy atom. The summed E-state index contributed by atoms with van der Waals surface area (Å²) in [5.41, 5.74) is 3.61. The van der Waals surface area contributed by atoms with E-state index in [1.807, 2.05) is 6.07 Å². The van der Waals surface area contributed by atoms with Crippen LogP contribution in [0.5, 0.6) is 5.75 Å². The molecular formula is C19H25NO. The molecule has 0 unspecified atom stereocenters. The van der Waals surface area contributed by atoms with Crippen LogP contribution in [-0.4, -0.2) is 18.4 Å². The number of rotatable bonds is 2.